The number of halogens is 3. The molecule has 96 valence electrons. The van der Waals surface area contributed by atoms with Crippen molar-refractivity contribution in [3.63, 3.8) is 0 Å². The molecule has 0 aliphatic carbocycles. The first-order valence-electron chi connectivity index (χ1n) is 5.10. The highest BCUT2D eigenvalue weighted by molar-refractivity contribution is 6.32. The van der Waals surface area contributed by atoms with Crippen LogP contribution in [0.1, 0.15) is 22.3 Å². The van der Waals surface area contributed by atoms with Crippen molar-refractivity contribution in [1.82, 2.24) is 0 Å². The standard InChI is InChI=1S/C12H15ClF2O2/c1-6-7(2)11(17-4)9(8(3)10(6)13)12(14,15)5-16/h16H,5H2,1-4H3. The lowest BCUT2D eigenvalue weighted by molar-refractivity contribution is -0.0576. The Labute approximate surface area is 104 Å². The topological polar surface area (TPSA) is 29.5 Å². The first-order valence-corrected chi connectivity index (χ1v) is 5.48. The van der Waals surface area contributed by atoms with E-state index < -0.39 is 12.5 Å². The van der Waals surface area contributed by atoms with Gasteiger partial charge in [0.25, 0.3) is 5.92 Å². The third-order valence-corrected chi connectivity index (χ3v) is 3.50. The summed E-state index contributed by atoms with van der Waals surface area (Å²) in [5.41, 5.74) is 1.17. The van der Waals surface area contributed by atoms with Gasteiger partial charge in [-0.25, -0.2) is 0 Å². The van der Waals surface area contributed by atoms with Crippen LogP contribution in [0.25, 0.3) is 0 Å². The Balaban J connectivity index is 3.70. The van der Waals surface area contributed by atoms with Crippen molar-refractivity contribution >= 4 is 11.6 Å². The van der Waals surface area contributed by atoms with E-state index >= 15 is 0 Å². The lowest BCUT2D eigenvalue weighted by Crippen LogP contribution is -2.22. The summed E-state index contributed by atoms with van der Waals surface area (Å²) in [7, 11) is 1.33. The van der Waals surface area contributed by atoms with Crippen LogP contribution in [0, 0.1) is 20.8 Å². The number of aliphatic hydroxyl groups excluding tert-OH is 1. The number of hydrogen-bond acceptors (Lipinski definition) is 2. The van der Waals surface area contributed by atoms with Gasteiger partial charge in [-0.05, 0) is 37.5 Å². The first kappa shape index (κ1) is 14.2. The largest absolute Gasteiger partial charge is 0.496 e. The van der Waals surface area contributed by atoms with E-state index in [0.29, 0.717) is 11.1 Å². The van der Waals surface area contributed by atoms with Gasteiger partial charge in [0.2, 0.25) is 0 Å². The van der Waals surface area contributed by atoms with Crippen molar-refractivity contribution in [3.05, 3.63) is 27.3 Å². The van der Waals surface area contributed by atoms with Crippen LogP contribution in [0.4, 0.5) is 8.78 Å². The molecule has 0 unspecified atom stereocenters. The summed E-state index contributed by atoms with van der Waals surface area (Å²) in [5, 5.41) is 9.08. The van der Waals surface area contributed by atoms with Crippen molar-refractivity contribution in [3.8, 4) is 5.75 Å². The van der Waals surface area contributed by atoms with E-state index in [1.165, 1.54) is 14.0 Å². The van der Waals surface area contributed by atoms with Crippen molar-refractivity contribution in [2.45, 2.75) is 26.7 Å². The molecule has 0 atom stereocenters. The molecule has 1 rings (SSSR count). The maximum absolute atomic E-state index is 13.7. The van der Waals surface area contributed by atoms with Crippen molar-refractivity contribution in [2.75, 3.05) is 13.7 Å². The average Bonchev–Trinajstić information content (AvgIpc) is 2.30. The zero-order chi connectivity index (χ0) is 13.4. The fourth-order valence-electron chi connectivity index (χ4n) is 1.86. The average molecular weight is 265 g/mol. The highest BCUT2D eigenvalue weighted by atomic mass is 35.5. The number of alkyl halides is 2. The summed E-state index contributed by atoms with van der Waals surface area (Å²) in [6, 6.07) is 0. The van der Waals surface area contributed by atoms with Gasteiger partial charge in [-0.3, -0.25) is 0 Å². The van der Waals surface area contributed by atoms with Crippen molar-refractivity contribution < 1.29 is 18.6 Å². The number of methoxy groups -OCH3 is 1. The minimum absolute atomic E-state index is 0.0865. The maximum atomic E-state index is 13.7. The molecule has 0 aliphatic heterocycles. The summed E-state index contributed by atoms with van der Waals surface area (Å²) >= 11 is 6.01. The Morgan fingerprint density at radius 1 is 1.18 bits per heavy atom. The molecule has 0 bridgehead atoms. The molecule has 2 nitrogen and oxygen atoms in total. The van der Waals surface area contributed by atoms with Gasteiger partial charge in [-0.15, -0.1) is 0 Å². The highest BCUT2D eigenvalue weighted by Crippen LogP contribution is 2.43. The zero-order valence-electron chi connectivity index (χ0n) is 10.2. The van der Waals surface area contributed by atoms with Gasteiger partial charge in [0.05, 0.1) is 12.7 Å². The molecule has 0 saturated carbocycles. The van der Waals surface area contributed by atoms with E-state index in [1.807, 2.05) is 0 Å². The fourth-order valence-corrected chi connectivity index (χ4v) is 2.09. The van der Waals surface area contributed by atoms with Crippen LogP contribution < -0.4 is 4.74 Å². The van der Waals surface area contributed by atoms with Gasteiger partial charge < -0.3 is 9.84 Å². The van der Waals surface area contributed by atoms with Crippen molar-refractivity contribution in [1.29, 1.82) is 0 Å². The molecule has 17 heavy (non-hydrogen) atoms. The smallest absolute Gasteiger partial charge is 0.299 e. The molecule has 5 heteroatoms. The molecule has 0 spiro atoms. The molecule has 0 aromatic heterocycles. The number of ether oxygens (including phenoxy) is 1. The summed E-state index contributed by atoms with van der Waals surface area (Å²) in [5.74, 6) is -3.28. The molecule has 1 aromatic rings. The van der Waals surface area contributed by atoms with Crippen LogP contribution in [0.15, 0.2) is 0 Å². The lowest BCUT2D eigenvalue weighted by Gasteiger charge is -2.23. The second-order valence-electron chi connectivity index (χ2n) is 3.96. The Bertz CT molecular complexity index is 445. The molecular weight excluding hydrogens is 250 g/mol. The van der Waals surface area contributed by atoms with E-state index in [0.717, 1.165) is 0 Å². The molecular formula is C12H15ClF2O2. The van der Waals surface area contributed by atoms with Crippen LogP contribution in [0.3, 0.4) is 0 Å². The van der Waals surface area contributed by atoms with Crippen molar-refractivity contribution in [2.24, 2.45) is 0 Å². The molecule has 1 N–H and O–H groups in total. The van der Waals surface area contributed by atoms with E-state index in [9.17, 15) is 8.78 Å². The van der Waals surface area contributed by atoms with Gasteiger partial charge in [0, 0.05) is 5.02 Å². The third kappa shape index (κ3) is 2.24. The zero-order valence-corrected chi connectivity index (χ0v) is 11.0. The first-order chi connectivity index (χ1) is 7.77. The monoisotopic (exact) mass is 264 g/mol. The predicted molar refractivity (Wildman–Crippen MR) is 63.2 cm³/mol. The SMILES string of the molecule is COc1c(C)c(C)c(Cl)c(C)c1C(F)(F)CO. The molecule has 0 radical (unpaired) electrons. The van der Waals surface area contributed by atoms with Gasteiger partial charge in [0.1, 0.15) is 12.4 Å². The Morgan fingerprint density at radius 3 is 2.12 bits per heavy atom. The summed E-state index contributed by atoms with van der Waals surface area (Å²) < 4.78 is 32.4. The fraction of sp³-hybridized carbons (Fsp3) is 0.500. The maximum Gasteiger partial charge on any atom is 0.299 e. The Kier molecular flexibility index (Phi) is 3.99. The minimum Gasteiger partial charge on any atom is -0.496 e. The van der Waals surface area contributed by atoms with Crippen LogP contribution >= 0.6 is 11.6 Å². The highest BCUT2D eigenvalue weighted by Gasteiger charge is 2.37. The molecule has 0 heterocycles. The normalized spacial score (nSPS) is 11.8. The quantitative estimate of drug-likeness (QED) is 0.907. The van der Waals surface area contributed by atoms with Gasteiger partial charge in [0.15, 0.2) is 0 Å². The Morgan fingerprint density at radius 2 is 1.71 bits per heavy atom. The molecule has 0 aliphatic rings. The predicted octanol–water partition coefficient (Wildman–Crippen LogP) is 3.36. The van der Waals surface area contributed by atoms with Gasteiger partial charge in [-0.2, -0.15) is 8.78 Å². The second kappa shape index (κ2) is 4.78. The number of hydrogen-bond donors (Lipinski definition) is 1. The third-order valence-electron chi connectivity index (χ3n) is 2.93. The van der Waals surface area contributed by atoms with Crippen LogP contribution in [0.2, 0.25) is 5.02 Å². The number of benzene rings is 1. The second-order valence-corrected chi connectivity index (χ2v) is 4.34. The molecule has 0 amide bonds. The molecule has 0 fully saturated rings. The number of rotatable bonds is 3. The summed E-state index contributed by atoms with van der Waals surface area (Å²) in [6.07, 6.45) is 0. The lowest BCUT2D eigenvalue weighted by atomic mass is 9.95. The van der Waals surface area contributed by atoms with Crippen LogP contribution in [-0.4, -0.2) is 18.8 Å². The van der Waals surface area contributed by atoms with E-state index in [4.69, 9.17) is 21.4 Å². The van der Waals surface area contributed by atoms with E-state index in [-0.39, 0.29) is 21.9 Å². The minimum atomic E-state index is -3.36. The Hall–Kier alpha value is -0.870. The molecule has 1 aromatic carbocycles. The van der Waals surface area contributed by atoms with E-state index in [1.54, 1.807) is 13.8 Å². The summed E-state index contributed by atoms with van der Waals surface area (Å²) in [4.78, 5) is 0. The molecule has 0 saturated heterocycles. The van der Waals surface area contributed by atoms with Gasteiger partial charge >= 0.3 is 0 Å². The summed E-state index contributed by atoms with van der Waals surface area (Å²) in [6.45, 7) is 3.63. The van der Waals surface area contributed by atoms with Gasteiger partial charge in [-0.1, -0.05) is 11.6 Å². The van der Waals surface area contributed by atoms with Crippen LogP contribution in [0.5, 0.6) is 5.75 Å². The number of aliphatic hydroxyl groups is 1. The van der Waals surface area contributed by atoms with Crippen LogP contribution in [-0.2, 0) is 5.92 Å². The van der Waals surface area contributed by atoms with E-state index in [2.05, 4.69) is 0 Å².